The van der Waals surface area contributed by atoms with Gasteiger partial charge in [0.05, 0.1) is 5.69 Å². The molecule has 0 saturated carbocycles. The molecule has 0 radical (unpaired) electrons. The maximum atomic E-state index is 12.9. The maximum Gasteiger partial charge on any atom is 0.265 e. The number of rotatable bonds is 3. The lowest BCUT2D eigenvalue weighted by Gasteiger charge is -2.20. The van der Waals surface area contributed by atoms with Crippen molar-refractivity contribution in [2.24, 2.45) is 0 Å². The second-order valence-electron chi connectivity index (χ2n) is 4.38. The molecular formula is C14H13BrFNO2S. The van der Waals surface area contributed by atoms with Gasteiger partial charge in [0.15, 0.2) is 0 Å². The smallest absolute Gasteiger partial charge is 0.265 e. The van der Waals surface area contributed by atoms with Gasteiger partial charge in [-0.25, -0.2) is 12.8 Å². The van der Waals surface area contributed by atoms with Crippen LogP contribution in [0.25, 0.3) is 0 Å². The summed E-state index contributed by atoms with van der Waals surface area (Å²) in [5.74, 6) is -0.406. The van der Waals surface area contributed by atoms with Crippen molar-refractivity contribution in [3.05, 3.63) is 58.3 Å². The van der Waals surface area contributed by atoms with Gasteiger partial charge in [-0.1, -0.05) is 6.07 Å². The van der Waals surface area contributed by atoms with Gasteiger partial charge in [-0.05, 0) is 64.8 Å². The Morgan fingerprint density at radius 1 is 1.10 bits per heavy atom. The SMILES string of the molecule is Cc1ccc(S(=O)(=O)N(C)c2ccc(F)cc2)c(Br)c1. The van der Waals surface area contributed by atoms with Gasteiger partial charge in [0.2, 0.25) is 0 Å². The molecule has 0 aromatic heterocycles. The first-order valence-electron chi connectivity index (χ1n) is 5.83. The number of anilines is 1. The van der Waals surface area contributed by atoms with Crippen LogP contribution in [-0.4, -0.2) is 15.5 Å². The fraction of sp³-hybridized carbons (Fsp3) is 0.143. The van der Waals surface area contributed by atoms with Gasteiger partial charge < -0.3 is 0 Å². The maximum absolute atomic E-state index is 12.9. The molecule has 3 nitrogen and oxygen atoms in total. The van der Waals surface area contributed by atoms with Crippen LogP contribution in [0.5, 0.6) is 0 Å². The molecule has 0 heterocycles. The molecule has 0 bridgehead atoms. The minimum atomic E-state index is -3.69. The number of hydrogen-bond donors (Lipinski definition) is 0. The molecule has 20 heavy (non-hydrogen) atoms. The Morgan fingerprint density at radius 2 is 1.70 bits per heavy atom. The Morgan fingerprint density at radius 3 is 2.25 bits per heavy atom. The first kappa shape index (κ1) is 15.0. The zero-order valence-corrected chi connectivity index (χ0v) is 13.4. The fourth-order valence-corrected chi connectivity index (χ4v) is 4.10. The largest absolute Gasteiger partial charge is 0.269 e. The molecule has 2 rings (SSSR count). The monoisotopic (exact) mass is 357 g/mol. The summed E-state index contributed by atoms with van der Waals surface area (Å²) < 4.78 is 39.6. The lowest BCUT2D eigenvalue weighted by atomic mass is 10.2. The van der Waals surface area contributed by atoms with E-state index in [1.165, 1.54) is 31.3 Å². The third-order valence-corrected chi connectivity index (χ3v) is 5.68. The molecule has 0 aliphatic rings. The van der Waals surface area contributed by atoms with E-state index in [-0.39, 0.29) is 4.90 Å². The van der Waals surface area contributed by atoms with Crippen LogP contribution < -0.4 is 4.31 Å². The number of benzene rings is 2. The molecule has 0 aliphatic heterocycles. The average Bonchev–Trinajstić information content (AvgIpc) is 2.38. The first-order chi connectivity index (χ1) is 9.32. The van der Waals surface area contributed by atoms with Gasteiger partial charge in [0.25, 0.3) is 10.0 Å². The van der Waals surface area contributed by atoms with Crippen LogP contribution in [0.1, 0.15) is 5.56 Å². The Kier molecular flexibility index (Phi) is 4.15. The normalized spacial score (nSPS) is 11.4. The highest BCUT2D eigenvalue weighted by molar-refractivity contribution is 9.10. The summed E-state index contributed by atoms with van der Waals surface area (Å²) in [7, 11) is -2.25. The van der Waals surface area contributed by atoms with Crippen molar-refractivity contribution >= 4 is 31.6 Å². The van der Waals surface area contributed by atoms with Gasteiger partial charge in [-0.2, -0.15) is 0 Å². The molecule has 2 aromatic carbocycles. The minimum absolute atomic E-state index is 0.176. The van der Waals surface area contributed by atoms with Crippen molar-refractivity contribution in [2.45, 2.75) is 11.8 Å². The van der Waals surface area contributed by atoms with Crippen LogP contribution in [0.15, 0.2) is 51.8 Å². The summed E-state index contributed by atoms with van der Waals surface area (Å²) in [5.41, 5.74) is 1.36. The van der Waals surface area contributed by atoms with Gasteiger partial charge in [0.1, 0.15) is 10.7 Å². The van der Waals surface area contributed by atoms with Gasteiger partial charge in [0, 0.05) is 11.5 Å². The molecule has 0 spiro atoms. The Balaban J connectivity index is 2.46. The third kappa shape index (κ3) is 2.86. The second kappa shape index (κ2) is 5.54. The molecule has 106 valence electrons. The van der Waals surface area contributed by atoms with Crippen molar-refractivity contribution in [2.75, 3.05) is 11.4 Å². The Hall–Kier alpha value is -1.40. The van der Waals surface area contributed by atoms with E-state index in [4.69, 9.17) is 0 Å². The predicted molar refractivity (Wildman–Crippen MR) is 80.9 cm³/mol. The van der Waals surface area contributed by atoms with Gasteiger partial charge in [-0.15, -0.1) is 0 Å². The fourth-order valence-electron chi connectivity index (χ4n) is 1.75. The summed E-state index contributed by atoms with van der Waals surface area (Å²) >= 11 is 3.27. The number of halogens is 2. The molecule has 6 heteroatoms. The van der Waals surface area contributed by atoms with Crippen LogP contribution in [-0.2, 0) is 10.0 Å². The second-order valence-corrected chi connectivity index (χ2v) is 7.17. The van der Waals surface area contributed by atoms with E-state index < -0.39 is 15.8 Å². The summed E-state index contributed by atoms with van der Waals surface area (Å²) in [4.78, 5) is 0.176. The van der Waals surface area contributed by atoms with E-state index >= 15 is 0 Å². The summed E-state index contributed by atoms with van der Waals surface area (Å²) in [6.45, 7) is 1.88. The molecular weight excluding hydrogens is 345 g/mol. The lowest BCUT2D eigenvalue weighted by molar-refractivity contribution is 0.593. The van der Waals surface area contributed by atoms with Crippen LogP contribution >= 0.6 is 15.9 Å². The van der Waals surface area contributed by atoms with Crippen molar-refractivity contribution in [3.8, 4) is 0 Å². The first-order valence-corrected chi connectivity index (χ1v) is 8.06. The molecule has 0 aliphatic carbocycles. The highest BCUT2D eigenvalue weighted by Crippen LogP contribution is 2.28. The van der Waals surface area contributed by atoms with Crippen LogP contribution in [0.2, 0.25) is 0 Å². The van der Waals surface area contributed by atoms with E-state index in [1.807, 2.05) is 6.92 Å². The molecule has 0 fully saturated rings. The highest BCUT2D eigenvalue weighted by Gasteiger charge is 2.23. The van der Waals surface area contributed by atoms with Crippen LogP contribution in [0, 0.1) is 12.7 Å². The molecule has 2 aromatic rings. The van der Waals surface area contributed by atoms with Crippen molar-refractivity contribution in [1.29, 1.82) is 0 Å². The Bertz CT molecular complexity index is 729. The molecule has 0 amide bonds. The third-order valence-electron chi connectivity index (χ3n) is 2.92. The zero-order valence-electron chi connectivity index (χ0n) is 11.0. The quantitative estimate of drug-likeness (QED) is 0.839. The molecule has 0 N–H and O–H groups in total. The number of sulfonamides is 1. The highest BCUT2D eigenvalue weighted by atomic mass is 79.9. The predicted octanol–water partition coefficient (Wildman–Crippen LogP) is 3.72. The summed E-state index contributed by atoms with van der Waals surface area (Å²) in [6, 6.07) is 10.3. The van der Waals surface area contributed by atoms with E-state index in [1.54, 1.807) is 18.2 Å². The minimum Gasteiger partial charge on any atom is -0.269 e. The van der Waals surface area contributed by atoms with Crippen LogP contribution in [0.3, 0.4) is 0 Å². The number of nitrogens with zero attached hydrogens (tertiary/aromatic N) is 1. The molecule has 0 saturated heterocycles. The standard InChI is InChI=1S/C14H13BrFNO2S/c1-10-3-8-14(13(15)9-10)20(18,19)17(2)12-6-4-11(16)5-7-12/h3-9H,1-2H3. The van der Waals surface area contributed by atoms with Crippen molar-refractivity contribution in [1.82, 2.24) is 0 Å². The lowest BCUT2D eigenvalue weighted by Crippen LogP contribution is -2.26. The van der Waals surface area contributed by atoms with Crippen LogP contribution in [0.4, 0.5) is 10.1 Å². The Labute approximate surface area is 126 Å². The van der Waals surface area contributed by atoms with E-state index in [0.717, 1.165) is 9.87 Å². The molecule has 0 unspecified atom stereocenters. The van der Waals surface area contributed by atoms with E-state index in [0.29, 0.717) is 10.2 Å². The summed E-state index contributed by atoms with van der Waals surface area (Å²) in [6.07, 6.45) is 0. The summed E-state index contributed by atoms with van der Waals surface area (Å²) in [5, 5.41) is 0. The van der Waals surface area contributed by atoms with Gasteiger partial charge >= 0.3 is 0 Å². The van der Waals surface area contributed by atoms with E-state index in [9.17, 15) is 12.8 Å². The van der Waals surface area contributed by atoms with Crippen molar-refractivity contribution in [3.63, 3.8) is 0 Å². The van der Waals surface area contributed by atoms with Gasteiger partial charge in [-0.3, -0.25) is 4.31 Å². The molecule has 0 atom stereocenters. The zero-order chi connectivity index (χ0) is 14.9. The van der Waals surface area contributed by atoms with Crippen molar-refractivity contribution < 1.29 is 12.8 Å². The topological polar surface area (TPSA) is 37.4 Å². The number of aryl methyl sites for hydroxylation is 1. The number of hydrogen-bond acceptors (Lipinski definition) is 2. The average molecular weight is 358 g/mol. The van der Waals surface area contributed by atoms with E-state index in [2.05, 4.69) is 15.9 Å².